The molecule has 2 aromatic rings. The molecule has 1 aliphatic rings. The van der Waals surface area contributed by atoms with Crippen LogP contribution in [-0.2, 0) is 16.3 Å². The molecule has 0 aromatic heterocycles. The van der Waals surface area contributed by atoms with E-state index in [-0.39, 0.29) is 4.90 Å². The Bertz CT molecular complexity index is 898. The molecule has 1 atom stereocenters. The molecule has 1 N–H and O–H groups in total. The van der Waals surface area contributed by atoms with Crippen LogP contribution in [0.1, 0.15) is 35.4 Å². The molecule has 5 heteroatoms. The lowest BCUT2D eigenvalue weighted by molar-refractivity contribution is 0.527. The van der Waals surface area contributed by atoms with E-state index in [4.69, 9.17) is 5.26 Å². The van der Waals surface area contributed by atoms with Crippen LogP contribution >= 0.6 is 0 Å². The lowest BCUT2D eigenvalue weighted by Crippen LogP contribution is -2.21. The van der Waals surface area contributed by atoms with E-state index < -0.39 is 9.84 Å². The fourth-order valence-corrected chi connectivity index (χ4v) is 4.74. The molecule has 2 aromatic carbocycles. The summed E-state index contributed by atoms with van der Waals surface area (Å²) in [5.41, 5.74) is 2.72. The number of likely N-dealkylation sites (N-methyl/N-ethyl adjacent to an activating group) is 1. The first kappa shape index (κ1) is 16.7. The molecule has 24 heavy (non-hydrogen) atoms. The average molecular weight is 340 g/mol. The van der Waals surface area contributed by atoms with Crippen molar-refractivity contribution in [3.05, 3.63) is 59.2 Å². The van der Waals surface area contributed by atoms with Gasteiger partial charge in [0.1, 0.15) is 0 Å². The van der Waals surface area contributed by atoms with Crippen LogP contribution in [0.4, 0.5) is 0 Å². The van der Waals surface area contributed by atoms with E-state index in [9.17, 15) is 8.42 Å². The highest BCUT2D eigenvalue weighted by atomic mass is 32.2. The summed E-state index contributed by atoms with van der Waals surface area (Å²) in [4.78, 5) is 0.477. The Balaban J connectivity index is 2.02. The summed E-state index contributed by atoms with van der Waals surface area (Å²) in [6, 6.07) is 13.6. The minimum absolute atomic E-state index is 0.170. The number of aryl methyl sites for hydroxylation is 1. The summed E-state index contributed by atoms with van der Waals surface area (Å²) < 4.78 is 25.7. The zero-order valence-corrected chi connectivity index (χ0v) is 14.4. The summed E-state index contributed by atoms with van der Waals surface area (Å²) in [5.74, 6) is 0.442. The molecule has 0 radical (unpaired) electrons. The minimum atomic E-state index is -3.60. The molecule has 0 amide bonds. The largest absolute Gasteiger partial charge is 0.319 e. The zero-order chi connectivity index (χ0) is 17.2. The topological polar surface area (TPSA) is 70.0 Å². The molecule has 0 aliphatic heterocycles. The second kappa shape index (κ2) is 6.76. The van der Waals surface area contributed by atoms with Crippen LogP contribution < -0.4 is 5.32 Å². The number of nitriles is 1. The third kappa shape index (κ3) is 3.08. The van der Waals surface area contributed by atoms with Gasteiger partial charge in [-0.15, -0.1) is 0 Å². The Morgan fingerprint density at radius 2 is 2.00 bits per heavy atom. The molecule has 0 unspecified atom stereocenters. The van der Waals surface area contributed by atoms with Gasteiger partial charge in [-0.25, -0.2) is 8.42 Å². The van der Waals surface area contributed by atoms with Gasteiger partial charge in [-0.2, -0.15) is 5.26 Å². The first-order valence-corrected chi connectivity index (χ1v) is 9.57. The lowest BCUT2D eigenvalue weighted by Gasteiger charge is -2.25. The number of sulfone groups is 1. The molecule has 0 saturated heterocycles. The normalized spacial score (nSPS) is 17.1. The van der Waals surface area contributed by atoms with Crippen molar-refractivity contribution in [2.75, 3.05) is 13.6 Å². The molecule has 0 spiro atoms. The SMILES string of the molecule is CNC[C@@H]1CCCc2cc(S(=O)(=O)c3cccc(C#N)c3)ccc21. The van der Waals surface area contributed by atoms with E-state index in [0.717, 1.165) is 31.4 Å². The van der Waals surface area contributed by atoms with Gasteiger partial charge in [0, 0.05) is 6.54 Å². The quantitative estimate of drug-likeness (QED) is 0.929. The fourth-order valence-electron chi connectivity index (χ4n) is 3.39. The van der Waals surface area contributed by atoms with Crippen LogP contribution in [0.25, 0.3) is 0 Å². The van der Waals surface area contributed by atoms with Crippen LogP contribution in [0.15, 0.2) is 52.3 Å². The smallest absolute Gasteiger partial charge is 0.206 e. The number of nitrogens with zero attached hydrogens (tertiary/aromatic N) is 1. The molecule has 1 aliphatic carbocycles. The van der Waals surface area contributed by atoms with Crippen molar-refractivity contribution < 1.29 is 8.42 Å². The van der Waals surface area contributed by atoms with Gasteiger partial charge in [0.2, 0.25) is 9.84 Å². The monoisotopic (exact) mass is 340 g/mol. The van der Waals surface area contributed by atoms with Gasteiger partial charge in [-0.05, 0) is 73.7 Å². The summed E-state index contributed by atoms with van der Waals surface area (Å²) in [6.07, 6.45) is 3.12. The Morgan fingerprint density at radius 1 is 1.21 bits per heavy atom. The van der Waals surface area contributed by atoms with Crippen molar-refractivity contribution in [2.24, 2.45) is 0 Å². The Hall–Kier alpha value is -2.16. The number of hydrogen-bond acceptors (Lipinski definition) is 4. The maximum Gasteiger partial charge on any atom is 0.206 e. The maximum atomic E-state index is 12.9. The van der Waals surface area contributed by atoms with Crippen molar-refractivity contribution >= 4 is 9.84 Å². The van der Waals surface area contributed by atoms with Crippen molar-refractivity contribution in [2.45, 2.75) is 35.0 Å². The highest BCUT2D eigenvalue weighted by Gasteiger charge is 2.24. The zero-order valence-electron chi connectivity index (χ0n) is 13.6. The van der Waals surface area contributed by atoms with Crippen LogP contribution in [0.2, 0.25) is 0 Å². The molecule has 124 valence electrons. The van der Waals surface area contributed by atoms with Gasteiger partial charge in [-0.3, -0.25) is 0 Å². The second-order valence-electron chi connectivity index (χ2n) is 6.15. The predicted octanol–water partition coefficient (Wildman–Crippen LogP) is 3.03. The average Bonchev–Trinajstić information content (AvgIpc) is 2.62. The van der Waals surface area contributed by atoms with E-state index in [1.807, 2.05) is 25.2 Å². The lowest BCUT2D eigenvalue weighted by atomic mass is 9.83. The van der Waals surface area contributed by atoms with E-state index in [2.05, 4.69) is 5.32 Å². The fraction of sp³-hybridized carbons (Fsp3) is 0.316. The molecule has 0 fully saturated rings. The molecule has 3 rings (SSSR count). The minimum Gasteiger partial charge on any atom is -0.319 e. The van der Waals surface area contributed by atoms with Gasteiger partial charge in [-0.1, -0.05) is 12.1 Å². The number of fused-ring (bicyclic) bond motifs is 1. The summed E-state index contributed by atoms with van der Waals surface area (Å²) in [5, 5.41) is 12.2. The Labute approximate surface area is 143 Å². The second-order valence-corrected chi connectivity index (χ2v) is 8.10. The summed E-state index contributed by atoms with van der Waals surface area (Å²) in [7, 11) is -1.66. The van der Waals surface area contributed by atoms with Gasteiger partial charge >= 0.3 is 0 Å². The highest BCUT2D eigenvalue weighted by molar-refractivity contribution is 7.91. The first-order chi connectivity index (χ1) is 11.6. The van der Waals surface area contributed by atoms with Gasteiger partial charge in [0.05, 0.1) is 21.4 Å². The Kier molecular flexibility index (Phi) is 4.70. The molecule has 0 heterocycles. The number of hydrogen-bond donors (Lipinski definition) is 1. The van der Waals surface area contributed by atoms with E-state index in [1.54, 1.807) is 24.3 Å². The number of benzene rings is 2. The molecular formula is C19H20N2O2S. The van der Waals surface area contributed by atoms with Gasteiger partial charge < -0.3 is 5.32 Å². The van der Waals surface area contributed by atoms with Crippen LogP contribution in [0.3, 0.4) is 0 Å². The van der Waals surface area contributed by atoms with Gasteiger partial charge in [0.15, 0.2) is 0 Å². The number of nitrogens with one attached hydrogen (secondary N) is 1. The molecular weight excluding hydrogens is 320 g/mol. The number of rotatable bonds is 4. The van der Waals surface area contributed by atoms with E-state index in [0.29, 0.717) is 16.4 Å². The maximum absolute atomic E-state index is 12.9. The van der Waals surface area contributed by atoms with Crippen LogP contribution in [0, 0.1) is 11.3 Å². The highest BCUT2D eigenvalue weighted by Crippen LogP contribution is 2.33. The van der Waals surface area contributed by atoms with Gasteiger partial charge in [0.25, 0.3) is 0 Å². The summed E-state index contributed by atoms with van der Waals surface area (Å²) >= 11 is 0. The van der Waals surface area contributed by atoms with Crippen molar-refractivity contribution in [3.8, 4) is 6.07 Å². The van der Waals surface area contributed by atoms with Crippen molar-refractivity contribution in [1.29, 1.82) is 5.26 Å². The molecule has 0 saturated carbocycles. The molecule has 0 bridgehead atoms. The Morgan fingerprint density at radius 3 is 2.75 bits per heavy atom. The predicted molar refractivity (Wildman–Crippen MR) is 92.7 cm³/mol. The van der Waals surface area contributed by atoms with E-state index >= 15 is 0 Å². The molecule has 4 nitrogen and oxygen atoms in total. The van der Waals surface area contributed by atoms with E-state index in [1.165, 1.54) is 11.6 Å². The summed E-state index contributed by atoms with van der Waals surface area (Å²) in [6.45, 7) is 0.906. The first-order valence-electron chi connectivity index (χ1n) is 8.09. The van der Waals surface area contributed by atoms with Crippen LogP contribution in [-0.4, -0.2) is 22.0 Å². The van der Waals surface area contributed by atoms with Crippen molar-refractivity contribution in [1.82, 2.24) is 5.32 Å². The van der Waals surface area contributed by atoms with Crippen LogP contribution in [0.5, 0.6) is 0 Å². The third-order valence-corrected chi connectivity index (χ3v) is 6.34. The standard InChI is InChI=1S/C19H20N2O2S/c1-21-13-16-6-3-5-15-11-18(8-9-19(15)16)24(22,23)17-7-2-4-14(10-17)12-20/h2,4,7-11,16,21H,3,5-6,13H2,1H3/t16-/m0/s1. The third-order valence-electron chi connectivity index (χ3n) is 4.59. The van der Waals surface area contributed by atoms with Crippen molar-refractivity contribution in [3.63, 3.8) is 0 Å².